The molecule has 0 amide bonds. The summed E-state index contributed by atoms with van der Waals surface area (Å²) in [6.45, 7) is 3.52. The largest absolute Gasteiger partial charge is 0.432 e. The molecule has 8 heavy (non-hydrogen) atoms. The third-order valence-corrected chi connectivity index (χ3v) is 1.09. The lowest BCUT2D eigenvalue weighted by Crippen LogP contribution is -2.08. The minimum atomic E-state index is -0.138. The molecular formula is C6H8O2. The zero-order valence-corrected chi connectivity index (χ0v) is 4.64. The van der Waals surface area contributed by atoms with E-state index in [0.29, 0.717) is 12.2 Å². The Labute approximate surface area is 48.1 Å². The van der Waals surface area contributed by atoms with Crippen LogP contribution in [0.5, 0.6) is 0 Å². The highest BCUT2D eigenvalue weighted by molar-refractivity contribution is 5.71. The molecule has 1 aliphatic rings. The Balaban J connectivity index is 2.45. The average molecular weight is 112 g/mol. The maximum Gasteiger partial charge on any atom is 0.310 e. The van der Waals surface area contributed by atoms with Gasteiger partial charge in [0.05, 0.1) is 0 Å². The van der Waals surface area contributed by atoms with E-state index in [0.717, 1.165) is 12.8 Å². The van der Waals surface area contributed by atoms with Crippen LogP contribution in [0.2, 0.25) is 0 Å². The maximum absolute atomic E-state index is 10.4. The third kappa shape index (κ3) is 1.09. The predicted octanol–water partition coefficient (Wildman–Crippen LogP) is 1.23. The standard InChI is InChI=1S/C6H8O2/c1-5-3-2-4-6(7)8-5/h1-4H2. The number of esters is 1. The van der Waals surface area contributed by atoms with Crippen LogP contribution in [0, 0.1) is 0 Å². The van der Waals surface area contributed by atoms with Crippen molar-refractivity contribution in [3.05, 3.63) is 12.3 Å². The molecule has 44 valence electrons. The molecule has 0 atom stereocenters. The molecule has 0 aromatic carbocycles. The fraction of sp³-hybridized carbons (Fsp3) is 0.500. The molecule has 0 bridgehead atoms. The van der Waals surface area contributed by atoms with Crippen LogP contribution in [-0.2, 0) is 9.53 Å². The highest BCUT2D eigenvalue weighted by Gasteiger charge is 2.11. The van der Waals surface area contributed by atoms with Crippen molar-refractivity contribution >= 4 is 5.97 Å². The third-order valence-electron chi connectivity index (χ3n) is 1.09. The van der Waals surface area contributed by atoms with E-state index in [-0.39, 0.29) is 5.97 Å². The van der Waals surface area contributed by atoms with Crippen molar-refractivity contribution in [2.45, 2.75) is 19.3 Å². The van der Waals surface area contributed by atoms with E-state index in [1.807, 2.05) is 0 Å². The lowest BCUT2D eigenvalue weighted by Gasteiger charge is -2.11. The normalized spacial score (nSPS) is 20.5. The Hall–Kier alpha value is -0.790. The molecule has 2 nitrogen and oxygen atoms in total. The van der Waals surface area contributed by atoms with Gasteiger partial charge in [-0.3, -0.25) is 4.79 Å². The van der Waals surface area contributed by atoms with Gasteiger partial charge in [0.25, 0.3) is 0 Å². The van der Waals surface area contributed by atoms with Crippen LogP contribution < -0.4 is 0 Å². The second kappa shape index (κ2) is 1.99. The number of hydrogen-bond donors (Lipinski definition) is 0. The predicted molar refractivity (Wildman–Crippen MR) is 29.1 cm³/mol. The molecule has 2 heteroatoms. The Morgan fingerprint density at radius 1 is 1.50 bits per heavy atom. The lowest BCUT2D eigenvalue weighted by atomic mass is 10.2. The molecule has 0 saturated carbocycles. The van der Waals surface area contributed by atoms with Crippen LogP contribution in [0.3, 0.4) is 0 Å². The second-order valence-electron chi connectivity index (χ2n) is 1.87. The zero-order chi connectivity index (χ0) is 5.98. The molecule has 0 aromatic rings. The van der Waals surface area contributed by atoms with E-state index in [9.17, 15) is 4.79 Å². The number of carbonyl (C=O) groups is 1. The van der Waals surface area contributed by atoms with Crippen LogP contribution in [0.25, 0.3) is 0 Å². The summed E-state index contributed by atoms with van der Waals surface area (Å²) in [5.41, 5.74) is 0. The molecule has 1 heterocycles. The first-order chi connectivity index (χ1) is 3.79. The highest BCUT2D eigenvalue weighted by atomic mass is 16.5. The number of hydrogen-bond acceptors (Lipinski definition) is 2. The SMILES string of the molecule is C=C1CCCC(=O)O1. The quantitative estimate of drug-likeness (QED) is 0.440. The highest BCUT2D eigenvalue weighted by Crippen LogP contribution is 2.14. The number of rotatable bonds is 0. The van der Waals surface area contributed by atoms with Gasteiger partial charge in [0.15, 0.2) is 0 Å². The molecular weight excluding hydrogens is 104 g/mol. The second-order valence-corrected chi connectivity index (χ2v) is 1.87. The fourth-order valence-corrected chi connectivity index (χ4v) is 0.693. The van der Waals surface area contributed by atoms with E-state index < -0.39 is 0 Å². The molecule has 1 fully saturated rings. The Bertz CT molecular complexity index is 112. The molecule has 0 spiro atoms. The van der Waals surface area contributed by atoms with Crippen molar-refractivity contribution in [3.8, 4) is 0 Å². The average Bonchev–Trinajstić information content (AvgIpc) is 1.64. The van der Waals surface area contributed by atoms with Gasteiger partial charge in [0.1, 0.15) is 5.76 Å². The fourth-order valence-electron chi connectivity index (χ4n) is 0.693. The van der Waals surface area contributed by atoms with Gasteiger partial charge in [0, 0.05) is 12.8 Å². The monoisotopic (exact) mass is 112 g/mol. The van der Waals surface area contributed by atoms with E-state index >= 15 is 0 Å². The van der Waals surface area contributed by atoms with Crippen molar-refractivity contribution in [2.75, 3.05) is 0 Å². The molecule has 0 unspecified atom stereocenters. The minimum absolute atomic E-state index is 0.138. The van der Waals surface area contributed by atoms with Gasteiger partial charge in [-0.2, -0.15) is 0 Å². The van der Waals surface area contributed by atoms with E-state index in [2.05, 4.69) is 11.3 Å². The summed E-state index contributed by atoms with van der Waals surface area (Å²) in [6.07, 6.45) is 2.29. The zero-order valence-electron chi connectivity index (χ0n) is 4.64. The molecule has 0 radical (unpaired) electrons. The van der Waals surface area contributed by atoms with Crippen LogP contribution in [-0.4, -0.2) is 5.97 Å². The summed E-state index contributed by atoms with van der Waals surface area (Å²) in [4.78, 5) is 10.4. The molecule has 1 saturated heterocycles. The van der Waals surface area contributed by atoms with Crippen LogP contribution in [0.4, 0.5) is 0 Å². The summed E-state index contributed by atoms with van der Waals surface area (Å²) in [7, 11) is 0. The van der Waals surface area contributed by atoms with Gasteiger partial charge in [-0.05, 0) is 6.42 Å². The molecule has 1 rings (SSSR count). The van der Waals surface area contributed by atoms with E-state index in [1.54, 1.807) is 0 Å². The summed E-state index contributed by atoms with van der Waals surface area (Å²) < 4.78 is 4.65. The van der Waals surface area contributed by atoms with Crippen LogP contribution in [0.15, 0.2) is 12.3 Å². The number of allylic oxidation sites excluding steroid dienone is 1. The summed E-state index contributed by atoms with van der Waals surface area (Å²) in [5, 5.41) is 0. The maximum atomic E-state index is 10.4. The first-order valence-corrected chi connectivity index (χ1v) is 2.67. The van der Waals surface area contributed by atoms with E-state index in [4.69, 9.17) is 0 Å². The molecule has 0 aromatic heterocycles. The first-order valence-electron chi connectivity index (χ1n) is 2.67. The Kier molecular flexibility index (Phi) is 1.33. The summed E-state index contributed by atoms with van der Waals surface area (Å²) in [6, 6.07) is 0. The van der Waals surface area contributed by atoms with Gasteiger partial charge in [-0.1, -0.05) is 6.58 Å². The smallest absolute Gasteiger partial charge is 0.310 e. The Morgan fingerprint density at radius 3 is 2.62 bits per heavy atom. The number of cyclic esters (lactones) is 1. The molecule has 1 aliphatic heterocycles. The molecule has 0 aliphatic carbocycles. The number of carbonyl (C=O) groups excluding carboxylic acids is 1. The van der Waals surface area contributed by atoms with Gasteiger partial charge in [-0.15, -0.1) is 0 Å². The van der Waals surface area contributed by atoms with Crippen molar-refractivity contribution < 1.29 is 9.53 Å². The first kappa shape index (κ1) is 5.35. The minimum Gasteiger partial charge on any atom is -0.432 e. The summed E-state index contributed by atoms with van der Waals surface area (Å²) in [5.74, 6) is 0.475. The van der Waals surface area contributed by atoms with Crippen molar-refractivity contribution in [1.29, 1.82) is 0 Å². The van der Waals surface area contributed by atoms with Crippen molar-refractivity contribution in [1.82, 2.24) is 0 Å². The van der Waals surface area contributed by atoms with Gasteiger partial charge >= 0.3 is 5.97 Å². The van der Waals surface area contributed by atoms with Gasteiger partial charge in [0.2, 0.25) is 0 Å². The van der Waals surface area contributed by atoms with E-state index in [1.165, 1.54) is 0 Å². The topological polar surface area (TPSA) is 26.3 Å². The Morgan fingerprint density at radius 2 is 2.25 bits per heavy atom. The van der Waals surface area contributed by atoms with Gasteiger partial charge < -0.3 is 4.74 Å². The van der Waals surface area contributed by atoms with Crippen molar-refractivity contribution in [3.63, 3.8) is 0 Å². The summed E-state index contributed by atoms with van der Waals surface area (Å²) >= 11 is 0. The van der Waals surface area contributed by atoms with Crippen LogP contribution in [0.1, 0.15) is 19.3 Å². The van der Waals surface area contributed by atoms with Crippen molar-refractivity contribution in [2.24, 2.45) is 0 Å². The molecule has 0 N–H and O–H groups in total. The van der Waals surface area contributed by atoms with Crippen LogP contribution >= 0.6 is 0 Å². The van der Waals surface area contributed by atoms with Gasteiger partial charge in [-0.25, -0.2) is 0 Å². The number of ether oxygens (including phenoxy) is 1. The lowest BCUT2D eigenvalue weighted by molar-refractivity contribution is -0.141.